The van der Waals surface area contributed by atoms with Gasteiger partial charge in [0.2, 0.25) is 0 Å². The second-order valence-electron chi connectivity index (χ2n) is 6.13. The van der Waals surface area contributed by atoms with E-state index < -0.39 is 6.10 Å². The lowest BCUT2D eigenvalue weighted by Crippen LogP contribution is -2.41. The van der Waals surface area contributed by atoms with Gasteiger partial charge in [-0.05, 0) is 49.5 Å². The first-order valence-corrected chi connectivity index (χ1v) is 7.84. The highest BCUT2D eigenvalue weighted by molar-refractivity contribution is 6.30. The van der Waals surface area contributed by atoms with E-state index in [9.17, 15) is 5.11 Å². The lowest BCUT2D eigenvalue weighted by molar-refractivity contribution is 0.00823. The van der Waals surface area contributed by atoms with Crippen LogP contribution in [0.3, 0.4) is 0 Å². The van der Waals surface area contributed by atoms with E-state index in [1.807, 2.05) is 12.1 Å². The quantitative estimate of drug-likeness (QED) is 0.908. The highest BCUT2D eigenvalue weighted by atomic mass is 35.5. The van der Waals surface area contributed by atoms with Crippen LogP contribution in [0.2, 0.25) is 5.02 Å². The summed E-state index contributed by atoms with van der Waals surface area (Å²) in [6, 6.07) is 3.98. The molecule has 0 radical (unpaired) electrons. The molecule has 0 amide bonds. The summed E-state index contributed by atoms with van der Waals surface area (Å²) in [5.41, 5.74) is 2.20. The van der Waals surface area contributed by atoms with Crippen LogP contribution in [-0.2, 0) is 0 Å². The van der Waals surface area contributed by atoms with Crippen LogP contribution in [0.1, 0.15) is 49.8 Å². The largest absolute Gasteiger partial charge is 0.490 e. The van der Waals surface area contributed by atoms with E-state index in [1.165, 1.54) is 12.8 Å². The number of hydrogen-bond donors (Lipinski definition) is 1. The topological polar surface area (TPSA) is 32.7 Å². The third-order valence-electron chi connectivity index (χ3n) is 4.35. The molecule has 0 saturated carbocycles. The molecule has 2 atom stereocenters. The molecule has 110 valence electrons. The molecule has 3 rings (SSSR count). The van der Waals surface area contributed by atoms with E-state index >= 15 is 0 Å². The average Bonchev–Trinajstić information content (AvgIpc) is 2.90. The van der Waals surface area contributed by atoms with Crippen molar-refractivity contribution >= 4 is 11.6 Å². The van der Waals surface area contributed by atoms with E-state index in [-0.39, 0.29) is 6.04 Å². The number of halogens is 1. The van der Waals surface area contributed by atoms with Gasteiger partial charge in [-0.2, -0.15) is 0 Å². The summed E-state index contributed by atoms with van der Waals surface area (Å²) in [6.07, 6.45) is 1.94. The maximum absolute atomic E-state index is 10.4. The number of hydrogen-bond acceptors (Lipinski definition) is 3. The second-order valence-corrected chi connectivity index (χ2v) is 6.57. The Balaban J connectivity index is 2.07. The summed E-state index contributed by atoms with van der Waals surface area (Å²) < 4.78 is 5.84. The summed E-state index contributed by atoms with van der Waals surface area (Å²) >= 11 is 6.29. The molecule has 2 heterocycles. The molecule has 2 aliphatic heterocycles. The van der Waals surface area contributed by atoms with E-state index in [4.69, 9.17) is 16.3 Å². The molecule has 2 unspecified atom stereocenters. The minimum atomic E-state index is -0.473. The van der Waals surface area contributed by atoms with Crippen molar-refractivity contribution in [1.29, 1.82) is 0 Å². The Morgan fingerprint density at radius 3 is 2.65 bits per heavy atom. The standard InChI is InChI=1S/C16H22ClNO2/c1-10(2)12-7-11(17)8-13-15(18-5-3-4-6-18)14(19)9-20-16(12)13/h7-8,10,14-15,19H,3-6,9H2,1-2H3. The monoisotopic (exact) mass is 295 g/mol. The minimum absolute atomic E-state index is 0.0254. The molecular formula is C16H22ClNO2. The summed E-state index contributed by atoms with van der Waals surface area (Å²) in [4.78, 5) is 2.37. The van der Waals surface area contributed by atoms with Crippen LogP contribution < -0.4 is 4.74 Å². The molecule has 3 nitrogen and oxygen atoms in total. The van der Waals surface area contributed by atoms with Gasteiger partial charge < -0.3 is 9.84 Å². The van der Waals surface area contributed by atoms with Gasteiger partial charge >= 0.3 is 0 Å². The van der Waals surface area contributed by atoms with Gasteiger partial charge in [0.1, 0.15) is 18.5 Å². The van der Waals surface area contributed by atoms with E-state index in [2.05, 4.69) is 18.7 Å². The predicted molar refractivity (Wildman–Crippen MR) is 80.6 cm³/mol. The normalized spacial score (nSPS) is 26.6. The zero-order chi connectivity index (χ0) is 14.3. The van der Waals surface area contributed by atoms with Gasteiger partial charge in [-0.25, -0.2) is 0 Å². The van der Waals surface area contributed by atoms with Crippen molar-refractivity contribution in [1.82, 2.24) is 4.90 Å². The van der Waals surface area contributed by atoms with Crippen LogP contribution in [0.4, 0.5) is 0 Å². The van der Waals surface area contributed by atoms with Crippen molar-refractivity contribution in [3.8, 4) is 5.75 Å². The third kappa shape index (κ3) is 2.43. The fourth-order valence-corrected chi connectivity index (χ4v) is 3.61. The molecule has 0 bridgehead atoms. The number of fused-ring (bicyclic) bond motifs is 1. The number of rotatable bonds is 2. The van der Waals surface area contributed by atoms with E-state index in [0.29, 0.717) is 12.5 Å². The van der Waals surface area contributed by atoms with Crippen molar-refractivity contribution in [2.45, 2.75) is 44.8 Å². The van der Waals surface area contributed by atoms with Crippen molar-refractivity contribution in [2.24, 2.45) is 0 Å². The molecule has 4 heteroatoms. The lowest BCUT2D eigenvalue weighted by atomic mass is 9.91. The number of benzene rings is 1. The Bertz CT molecular complexity index is 497. The second kappa shape index (κ2) is 5.55. The Labute approximate surface area is 125 Å². The van der Waals surface area contributed by atoms with Gasteiger partial charge in [0.15, 0.2) is 0 Å². The first-order chi connectivity index (χ1) is 9.58. The summed E-state index contributed by atoms with van der Waals surface area (Å²) in [5, 5.41) is 11.1. The van der Waals surface area contributed by atoms with E-state index in [1.54, 1.807) is 0 Å². The van der Waals surface area contributed by atoms with Crippen LogP contribution in [0.15, 0.2) is 12.1 Å². The van der Waals surface area contributed by atoms with Gasteiger partial charge in [-0.1, -0.05) is 25.4 Å². The molecular weight excluding hydrogens is 274 g/mol. The number of aliphatic hydroxyl groups excluding tert-OH is 1. The summed E-state index contributed by atoms with van der Waals surface area (Å²) in [6.45, 7) is 6.75. The number of nitrogens with zero attached hydrogens (tertiary/aromatic N) is 1. The predicted octanol–water partition coefficient (Wildman–Crippen LogP) is 3.35. The molecule has 0 aromatic heterocycles. The molecule has 1 saturated heterocycles. The Morgan fingerprint density at radius 2 is 2.00 bits per heavy atom. The molecule has 1 N–H and O–H groups in total. The van der Waals surface area contributed by atoms with Crippen molar-refractivity contribution in [3.05, 3.63) is 28.3 Å². The first-order valence-electron chi connectivity index (χ1n) is 7.46. The minimum Gasteiger partial charge on any atom is -0.490 e. The maximum Gasteiger partial charge on any atom is 0.127 e. The number of aliphatic hydroxyl groups is 1. The van der Waals surface area contributed by atoms with Gasteiger partial charge in [0.25, 0.3) is 0 Å². The highest BCUT2D eigenvalue weighted by Crippen LogP contribution is 2.43. The van der Waals surface area contributed by atoms with E-state index in [0.717, 1.165) is 35.0 Å². The molecule has 1 aromatic rings. The molecule has 2 aliphatic rings. The fourth-order valence-electron chi connectivity index (χ4n) is 3.38. The van der Waals surface area contributed by atoms with Crippen LogP contribution in [0.5, 0.6) is 5.75 Å². The fraction of sp³-hybridized carbons (Fsp3) is 0.625. The summed E-state index contributed by atoms with van der Waals surface area (Å²) in [7, 11) is 0. The molecule has 1 aromatic carbocycles. The molecule has 0 aliphatic carbocycles. The van der Waals surface area contributed by atoms with Gasteiger partial charge in [0, 0.05) is 10.6 Å². The number of ether oxygens (including phenoxy) is 1. The highest BCUT2D eigenvalue weighted by Gasteiger charge is 2.36. The Kier molecular flexibility index (Phi) is 3.93. The Morgan fingerprint density at radius 1 is 1.30 bits per heavy atom. The van der Waals surface area contributed by atoms with Gasteiger partial charge in [-0.15, -0.1) is 0 Å². The van der Waals surface area contributed by atoms with Crippen molar-refractivity contribution in [3.63, 3.8) is 0 Å². The maximum atomic E-state index is 10.4. The first kappa shape index (κ1) is 14.2. The smallest absolute Gasteiger partial charge is 0.127 e. The Hall–Kier alpha value is -0.770. The van der Waals surface area contributed by atoms with Crippen LogP contribution in [0, 0.1) is 0 Å². The van der Waals surface area contributed by atoms with Crippen LogP contribution in [-0.4, -0.2) is 35.8 Å². The molecule has 1 fully saturated rings. The third-order valence-corrected chi connectivity index (χ3v) is 4.57. The van der Waals surface area contributed by atoms with Crippen LogP contribution >= 0.6 is 11.6 Å². The van der Waals surface area contributed by atoms with Crippen molar-refractivity contribution < 1.29 is 9.84 Å². The zero-order valence-electron chi connectivity index (χ0n) is 12.1. The number of likely N-dealkylation sites (tertiary alicyclic amines) is 1. The lowest BCUT2D eigenvalue weighted by Gasteiger charge is -2.37. The zero-order valence-corrected chi connectivity index (χ0v) is 12.9. The molecule has 20 heavy (non-hydrogen) atoms. The van der Waals surface area contributed by atoms with Gasteiger partial charge in [-0.3, -0.25) is 4.90 Å². The molecule has 0 spiro atoms. The SMILES string of the molecule is CC(C)c1cc(Cl)cc2c1OCC(O)C2N1CCCC1. The summed E-state index contributed by atoms with van der Waals surface area (Å²) in [5.74, 6) is 1.29. The van der Waals surface area contributed by atoms with Gasteiger partial charge in [0.05, 0.1) is 6.04 Å². The van der Waals surface area contributed by atoms with Crippen LogP contribution in [0.25, 0.3) is 0 Å². The van der Waals surface area contributed by atoms with Crippen molar-refractivity contribution in [2.75, 3.05) is 19.7 Å². The average molecular weight is 296 g/mol.